The van der Waals surface area contributed by atoms with Crippen LogP contribution in [0.1, 0.15) is 30.8 Å². The fraction of sp³-hybridized carbons (Fsp3) is 0.261. The summed E-state index contributed by atoms with van der Waals surface area (Å²) < 4.78 is 7.57. The number of halogens is 2. The van der Waals surface area contributed by atoms with Crippen molar-refractivity contribution in [1.29, 1.82) is 0 Å². The molecule has 0 fully saturated rings. The molecule has 0 saturated carbocycles. The highest BCUT2D eigenvalue weighted by atomic mass is 79.9. The van der Waals surface area contributed by atoms with E-state index in [4.69, 9.17) is 16.3 Å². The lowest BCUT2D eigenvalue weighted by Crippen LogP contribution is -2.40. The topological polar surface area (TPSA) is 101 Å². The monoisotopic (exact) mass is 534 g/mol. The number of amides is 3. The van der Waals surface area contributed by atoms with Crippen LogP contribution in [-0.2, 0) is 14.3 Å². The van der Waals surface area contributed by atoms with Crippen LogP contribution in [0.15, 0.2) is 53.0 Å². The van der Waals surface area contributed by atoms with Gasteiger partial charge in [-0.05, 0) is 68.8 Å². The van der Waals surface area contributed by atoms with Crippen molar-refractivity contribution in [2.45, 2.75) is 26.4 Å². The van der Waals surface area contributed by atoms with Crippen LogP contribution in [0.2, 0.25) is 5.02 Å². The second-order valence-corrected chi connectivity index (χ2v) is 8.85. The minimum absolute atomic E-state index is 0.0986. The molecular weight excluding hydrogens is 512 g/mol. The maximum Gasteiger partial charge on any atom is 0.328 e. The summed E-state index contributed by atoms with van der Waals surface area (Å²) in [5.74, 6) is -2.17. The maximum atomic E-state index is 13.0. The Labute approximate surface area is 204 Å². The number of fused-ring (bicyclic) bond motifs is 1. The van der Waals surface area contributed by atoms with Crippen molar-refractivity contribution in [1.82, 2.24) is 9.99 Å². The van der Waals surface area contributed by atoms with Crippen molar-refractivity contribution >= 4 is 61.8 Å². The van der Waals surface area contributed by atoms with Gasteiger partial charge in [-0.2, -0.15) is 0 Å². The first-order valence-electron chi connectivity index (χ1n) is 10.3. The molecule has 3 amide bonds. The molecule has 0 spiro atoms. The molecule has 0 radical (unpaired) electrons. The molecule has 0 unspecified atom stereocenters. The third-order valence-corrected chi connectivity index (χ3v) is 5.34. The largest absolute Gasteiger partial charge is 0.379 e. The van der Waals surface area contributed by atoms with Gasteiger partial charge in [0.05, 0.1) is 11.6 Å². The van der Waals surface area contributed by atoms with E-state index in [2.05, 4.69) is 32.0 Å². The predicted molar refractivity (Wildman–Crippen MR) is 132 cm³/mol. The number of ether oxygens (including phenoxy) is 1. The Morgan fingerprint density at radius 1 is 1.06 bits per heavy atom. The Kier molecular flexibility index (Phi) is 8.49. The van der Waals surface area contributed by atoms with Crippen LogP contribution in [0, 0.1) is 0 Å². The highest BCUT2D eigenvalue weighted by Gasteiger charge is 2.21. The van der Waals surface area contributed by atoms with Crippen LogP contribution in [0.3, 0.4) is 0 Å². The molecule has 0 atom stereocenters. The molecule has 174 valence electrons. The van der Waals surface area contributed by atoms with Gasteiger partial charge in [0, 0.05) is 33.7 Å². The molecular formula is C23H24BrClN4O4. The molecule has 1 aromatic heterocycles. The number of nitrogens with zero attached hydrogens (tertiary/aromatic N) is 1. The number of hydrogen-bond donors (Lipinski definition) is 3. The molecule has 3 N–H and O–H groups in total. The highest BCUT2D eigenvalue weighted by molar-refractivity contribution is 9.10. The van der Waals surface area contributed by atoms with Gasteiger partial charge in [-0.3, -0.25) is 19.8 Å². The highest BCUT2D eigenvalue weighted by Crippen LogP contribution is 2.24. The summed E-state index contributed by atoms with van der Waals surface area (Å²) in [7, 11) is 0. The third-order valence-electron chi connectivity index (χ3n) is 4.58. The Morgan fingerprint density at radius 2 is 1.79 bits per heavy atom. The molecule has 33 heavy (non-hydrogen) atoms. The van der Waals surface area contributed by atoms with Crippen LogP contribution < -0.4 is 16.1 Å². The third kappa shape index (κ3) is 6.80. The van der Waals surface area contributed by atoms with Crippen molar-refractivity contribution in [3.05, 3.63) is 63.7 Å². The van der Waals surface area contributed by atoms with Crippen molar-refractivity contribution in [3.8, 4) is 0 Å². The fourth-order valence-electron chi connectivity index (χ4n) is 3.03. The van der Waals surface area contributed by atoms with Gasteiger partial charge in [-0.1, -0.05) is 27.5 Å². The molecule has 8 nitrogen and oxygen atoms in total. The number of aromatic nitrogens is 1. The zero-order valence-corrected chi connectivity index (χ0v) is 20.5. The van der Waals surface area contributed by atoms with E-state index >= 15 is 0 Å². The van der Waals surface area contributed by atoms with Gasteiger partial charge in [0.2, 0.25) is 0 Å². The number of hydrogen-bond acceptors (Lipinski definition) is 4. The minimum atomic E-state index is -0.898. The quantitative estimate of drug-likeness (QED) is 0.295. The number of carbonyl (C=O) groups is 3. The first-order chi connectivity index (χ1) is 15.7. The van der Waals surface area contributed by atoms with Crippen LogP contribution in [0.25, 0.3) is 10.9 Å². The Hall–Kier alpha value is -2.88. The van der Waals surface area contributed by atoms with Crippen LogP contribution in [0.5, 0.6) is 0 Å². The van der Waals surface area contributed by atoms with Gasteiger partial charge < -0.3 is 15.4 Å². The van der Waals surface area contributed by atoms with Gasteiger partial charge in [0.15, 0.2) is 0 Å². The Bertz CT molecular complexity index is 1160. The molecule has 0 aliphatic heterocycles. The van der Waals surface area contributed by atoms with E-state index in [0.29, 0.717) is 34.6 Å². The standard InChI is InChI=1S/C23H24BrClN4O4/c1-14(2)33-11-3-10-26-22(31)23(32)28-29-19-9-6-17(25)12-15(19)13-20(29)21(30)27-18-7-4-16(24)5-8-18/h4-9,12-14H,3,10-11H2,1-2H3,(H,26,31)(H,27,30)(H,28,32). The minimum Gasteiger partial charge on any atom is -0.379 e. The normalized spacial score (nSPS) is 10.9. The summed E-state index contributed by atoms with van der Waals surface area (Å²) in [6.45, 7) is 4.61. The molecule has 1 heterocycles. The molecule has 0 aliphatic rings. The Balaban J connectivity index is 1.76. The SMILES string of the molecule is CC(C)OCCCNC(=O)C(=O)Nn1c(C(=O)Nc2ccc(Br)cc2)cc2cc(Cl)ccc21. The number of anilines is 1. The molecule has 0 saturated heterocycles. The molecule has 3 aromatic rings. The van der Waals surface area contributed by atoms with Crippen molar-refractivity contribution < 1.29 is 19.1 Å². The average Bonchev–Trinajstić information content (AvgIpc) is 3.12. The number of carbonyl (C=O) groups excluding carboxylic acids is 3. The van der Waals surface area contributed by atoms with E-state index < -0.39 is 17.7 Å². The lowest BCUT2D eigenvalue weighted by atomic mass is 10.2. The molecule has 10 heteroatoms. The van der Waals surface area contributed by atoms with E-state index in [1.54, 1.807) is 48.5 Å². The van der Waals surface area contributed by atoms with Gasteiger partial charge >= 0.3 is 11.8 Å². The van der Waals surface area contributed by atoms with Crippen LogP contribution in [0.4, 0.5) is 5.69 Å². The summed E-state index contributed by atoms with van der Waals surface area (Å²) in [6.07, 6.45) is 0.671. The zero-order valence-electron chi connectivity index (χ0n) is 18.2. The lowest BCUT2D eigenvalue weighted by Gasteiger charge is -2.13. The first kappa shape index (κ1) is 24.8. The molecule has 0 bridgehead atoms. The zero-order chi connectivity index (χ0) is 24.0. The van der Waals surface area contributed by atoms with Crippen molar-refractivity contribution in [2.75, 3.05) is 23.9 Å². The van der Waals surface area contributed by atoms with E-state index in [0.717, 1.165) is 4.47 Å². The Morgan fingerprint density at radius 3 is 2.48 bits per heavy atom. The second-order valence-electron chi connectivity index (χ2n) is 7.50. The fourth-order valence-corrected chi connectivity index (χ4v) is 3.47. The van der Waals surface area contributed by atoms with Crippen molar-refractivity contribution in [2.24, 2.45) is 0 Å². The van der Waals surface area contributed by atoms with Gasteiger partial charge in [0.1, 0.15) is 5.69 Å². The second kappa shape index (κ2) is 11.3. The average molecular weight is 536 g/mol. The molecule has 2 aromatic carbocycles. The summed E-state index contributed by atoms with van der Waals surface area (Å²) in [6, 6.07) is 13.6. The number of rotatable bonds is 8. The lowest BCUT2D eigenvalue weighted by molar-refractivity contribution is -0.136. The van der Waals surface area contributed by atoms with E-state index in [-0.39, 0.29) is 18.3 Å². The van der Waals surface area contributed by atoms with Crippen molar-refractivity contribution in [3.63, 3.8) is 0 Å². The number of nitrogens with one attached hydrogen (secondary N) is 3. The predicted octanol–water partition coefficient (Wildman–Crippen LogP) is 4.31. The summed E-state index contributed by atoms with van der Waals surface area (Å²) >= 11 is 9.44. The van der Waals surface area contributed by atoms with Gasteiger partial charge in [-0.25, -0.2) is 4.68 Å². The smallest absolute Gasteiger partial charge is 0.328 e. The summed E-state index contributed by atoms with van der Waals surface area (Å²) in [5, 5.41) is 6.44. The summed E-state index contributed by atoms with van der Waals surface area (Å²) in [5.41, 5.74) is 3.75. The molecule has 0 aliphatic carbocycles. The van der Waals surface area contributed by atoms with Gasteiger partial charge in [-0.15, -0.1) is 0 Å². The maximum absolute atomic E-state index is 13.0. The van der Waals surface area contributed by atoms with Gasteiger partial charge in [0.25, 0.3) is 5.91 Å². The van der Waals surface area contributed by atoms with Crippen LogP contribution >= 0.6 is 27.5 Å². The summed E-state index contributed by atoms with van der Waals surface area (Å²) in [4.78, 5) is 37.8. The van der Waals surface area contributed by atoms with Crippen LogP contribution in [-0.4, -0.2) is 41.7 Å². The number of benzene rings is 2. The van der Waals surface area contributed by atoms with E-state index in [1.165, 1.54) is 4.68 Å². The van der Waals surface area contributed by atoms with E-state index in [9.17, 15) is 14.4 Å². The van der Waals surface area contributed by atoms with E-state index in [1.807, 2.05) is 13.8 Å². The molecule has 3 rings (SSSR count). The first-order valence-corrected chi connectivity index (χ1v) is 11.5.